The quantitative estimate of drug-likeness (QED) is 0.688. The summed E-state index contributed by atoms with van der Waals surface area (Å²) in [6.45, 7) is 3.70. The fraction of sp³-hybridized carbons (Fsp3) is 0.842. The van der Waals surface area contributed by atoms with E-state index in [0.29, 0.717) is 32.1 Å². The standard InChI is InChI=1S/C19H28O2/c1-18-9-7-13(20)11-12(18)3-4-14-15-5-6-17(21)19(15,2)10-8-16(14)18/h3,13-16,20H,4-11H2,1-2H3/t13-,14?,15?,16?,18-,19-/m0/s1/i3D,4D2,11D2,14D. The monoisotopic (exact) mass is 294 g/mol. The molecule has 6 atom stereocenters. The third-order valence-electron chi connectivity index (χ3n) is 6.69. The molecule has 0 saturated heterocycles. The van der Waals surface area contributed by atoms with Crippen molar-refractivity contribution in [3.05, 3.63) is 11.6 Å². The maximum atomic E-state index is 12.6. The van der Waals surface area contributed by atoms with Crippen molar-refractivity contribution in [1.82, 2.24) is 0 Å². The molecule has 0 bridgehead atoms. The third kappa shape index (κ3) is 1.78. The SMILES string of the molecule is [2H]C1=C2C([2H])([2H])[C@@H](O)CC[C@]2(C)C2CC[C@]3(C)C(=O)CCC3C2([2H])C1([2H])[2H]. The van der Waals surface area contributed by atoms with Gasteiger partial charge in [-0.05, 0) is 68.0 Å². The minimum atomic E-state index is -2.37. The highest BCUT2D eigenvalue weighted by Gasteiger charge is 2.58. The molecule has 0 aromatic heterocycles. The van der Waals surface area contributed by atoms with Crippen LogP contribution in [-0.4, -0.2) is 17.0 Å². The number of carbonyl (C=O) groups excluding carboxylic acids is 1. The zero-order valence-corrected chi connectivity index (χ0v) is 12.8. The van der Waals surface area contributed by atoms with Crippen molar-refractivity contribution in [2.24, 2.45) is 28.6 Å². The molecule has 21 heavy (non-hydrogen) atoms. The Hall–Kier alpha value is -0.630. The molecule has 0 aliphatic heterocycles. The maximum Gasteiger partial charge on any atom is 0.139 e. The number of hydrogen-bond donors (Lipinski definition) is 1. The predicted molar refractivity (Wildman–Crippen MR) is 82.7 cm³/mol. The van der Waals surface area contributed by atoms with Crippen LogP contribution in [0.4, 0.5) is 0 Å². The number of carbonyl (C=O) groups is 1. The van der Waals surface area contributed by atoms with Crippen LogP contribution in [0.3, 0.4) is 0 Å². The molecule has 4 aliphatic carbocycles. The van der Waals surface area contributed by atoms with E-state index in [2.05, 4.69) is 0 Å². The van der Waals surface area contributed by atoms with Gasteiger partial charge < -0.3 is 5.11 Å². The van der Waals surface area contributed by atoms with Crippen LogP contribution in [0.1, 0.15) is 73.3 Å². The van der Waals surface area contributed by atoms with Crippen molar-refractivity contribution in [2.75, 3.05) is 0 Å². The molecule has 2 heteroatoms. The first-order valence-corrected chi connectivity index (χ1v) is 8.19. The summed E-state index contributed by atoms with van der Waals surface area (Å²) in [6.07, 6.45) is -3.27. The Labute approximate surface area is 136 Å². The van der Waals surface area contributed by atoms with E-state index in [0.717, 1.165) is 0 Å². The van der Waals surface area contributed by atoms with Gasteiger partial charge >= 0.3 is 0 Å². The van der Waals surface area contributed by atoms with Gasteiger partial charge in [-0.2, -0.15) is 0 Å². The van der Waals surface area contributed by atoms with Crippen LogP contribution >= 0.6 is 0 Å². The molecule has 0 aromatic rings. The summed E-state index contributed by atoms with van der Waals surface area (Å²) in [4.78, 5) is 12.6. The first-order valence-electron chi connectivity index (χ1n) is 11.2. The molecule has 0 aromatic carbocycles. The van der Waals surface area contributed by atoms with Crippen LogP contribution in [0.25, 0.3) is 0 Å². The number of rotatable bonds is 0. The van der Waals surface area contributed by atoms with Gasteiger partial charge in [-0.1, -0.05) is 25.5 Å². The van der Waals surface area contributed by atoms with Crippen LogP contribution in [0.5, 0.6) is 0 Å². The van der Waals surface area contributed by atoms with Gasteiger partial charge in [0.25, 0.3) is 0 Å². The molecule has 0 spiro atoms. The highest BCUT2D eigenvalue weighted by Crippen LogP contribution is 2.63. The molecule has 4 rings (SSSR count). The fourth-order valence-electron chi connectivity index (χ4n) is 5.19. The molecule has 0 heterocycles. The number of Topliss-reactive ketones (excluding diaryl/α,β-unsaturated/α-hetero) is 1. The summed E-state index contributed by atoms with van der Waals surface area (Å²) in [7, 11) is 0. The molecular weight excluding hydrogens is 260 g/mol. The highest BCUT2D eigenvalue weighted by atomic mass is 16.3. The number of aliphatic hydroxyl groups excluding tert-OH is 1. The molecule has 1 N–H and O–H groups in total. The van der Waals surface area contributed by atoms with Crippen LogP contribution in [0.15, 0.2) is 11.6 Å². The lowest BCUT2D eigenvalue weighted by Crippen LogP contribution is -2.50. The van der Waals surface area contributed by atoms with Gasteiger partial charge in [0.2, 0.25) is 0 Å². The van der Waals surface area contributed by atoms with Crippen LogP contribution in [0, 0.1) is 28.6 Å². The van der Waals surface area contributed by atoms with Crippen LogP contribution in [-0.2, 0) is 4.79 Å². The predicted octanol–water partition coefficient (Wildman–Crippen LogP) is 3.88. The summed E-state index contributed by atoms with van der Waals surface area (Å²) in [6, 6.07) is -0.483. The van der Waals surface area contributed by atoms with E-state index < -0.39 is 53.5 Å². The van der Waals surface area contributed by atoms with Crippen molar-refractivity contribution < 1.29 is 18.1 Å². The van der Waals surface area contributed by atoms with Crippen molar-refractivity contribution in [1.29, 1.82) is 0 Å². The lowest BCUT2D eigenvalue weighted by Gasteiger charge is -2.56. The van der Waals surface area contributed by atoms with E-state index in [4.69, 9.17) is 6.85 Å². The van der Waals surface area contributed by atoms with Gasteiger partial charge in [0.1, 0.15) is 5.78 Å². The molecule has 116 valence electrons. The summed E-state index contributed by atoms with van der Waals surface area (Å²) in [5, 5.41) is 10.3. The number of allylic oxidation sites excluding steroid dienone is 1. The summed E-state index contributed by atoms with van der Waals surface area (Å²) < 4.78 is 52.5. The lowest BCUT2D eigenvalue weighted by atomic mass is 9.48. The molecule has 3 fully saturated rings. The van der Waals surface area contributed by atoms with E-state index >= 15 is 0 Å². The number of aliphatic hydroxyl groups is 1. The summed E-state index contributed by atoms with van der Waals surface area (Å²) >= 11 is 0. The Morgan fingerprint density at radius 3 is 2.81 bits per heavy atom. The second kappa shape index (κ2) is 4.44. The largest absolute Gasteiger partial charge is 0.393 e. The van der Waals surface area contributed by atoms with Gasteiger partial charge in [0.15, 0.2) is 0 Å². The van der Waals surface area contributed by atoms with Gasteiger partial charge in [0.05, 0.1) is 7.47 Å². The maximum absolute atomic E-state index is 12.6. The minimum absolute atomic E-state index is 0.0413. The third-order valence-corrected chi connectivity index (χ3v) is 6.69. The first-order chi connectivity index (χ1) is 12.3. The van der Waals surface area contributed by atoms with Gasteiger partial charge in [0, 0.05) is 18.7 Å². The normalized spacial score (nSPS) is 65.7. The molecule has 0 radical (unpaired) electrons. The van der Waals surface area contributed by atoms with Crippen LogP contribution in [0.2, 0.25) is 0 Å². The molecule has 3 unspecified atom stereocenters. The lowest BCUT2D eigenvalue weighted by molar-refractivity contribution is -0.132. The van der Waals surface area contributed by atoms with Crippen molar-refractivity contribution in [3.63, 3.8) is 0 Å². The first kappa shape index (κ1) is 8.86. The number of ketones is 1. The summed E-state index contributed by atoms with van der Waals surface area (Å²) in [5.74, 6) is -2.49. The molecule has 4 aliphatic rings. The van der Waals surface area contributed by atoms with E-state index in [1.54, 1.807) is 0 Å². The smallest absolute Gasteiger partial charge is 0.139 e. The number of fused-ring (bicyclic) bond motifs is 5. The highest BCUT2D eigenvalue weighted by molar-refractivity contribution is 5.87. The summed E-state index contributed by atoms with van der Waals surface area (Å²) in [5.41, 5.74) is -1.54. The van der Waals surface area contributed by atoms with Gasteiger partial charge in [-0.15, -0.1) is 0 Å². The second-order valence-corrected chi connectivity index (χ2v) is 7.72. The van der Waals surface area contributed by atoms with E-state index in [-0.39, 0.29) is 17.8 Å². The van der Waals surface area contributed by atoms with Gasteiger partial charge in [-0.3, -0.25) is 4.79 Å². The zero-order valence-electron chi connectivity index (χ0n) is 18.8. The Morgan fingerprint density at radius 2 is 2.00 bits per heavy atom. The average molecular weight is 294 g/mol. The van der Waals surface area contributed by atoms with Crippen LogP contribution < -0.4 is 0 Å². The molecule has 2 nitrogen and oxygen atoms in total. The van der Waals surface area contributed by atoms with E-state index in [1.807, 2.05) is 13.8 Å². The minimum Gasteiger partial charge on any atom is -0.393 e. The second-order valence-electron chi connectivity index (χ2n) is 7.72. The van der Waals surface area contributed by atoms with Crippen molar-refractivity contribution in [2.45, 2.75) is 71.2 Å². The Morgan fingerprint density at radius 1 is 1.29 bits per heavy atom. The van der Waals surface area contributed by atoms with Crippen molar-refractivity contribution >= 4 is 5.78 Å². The zero-order chi connectivity index (χ0) is 20.2. The Bertz CT molecular complexity index is 748. The Kier molecular flexibility index (Phi) is 1.87. The van der Waals surface area contributed by atoms with Crippen molar-refractivity contribution in [3.8, 4) is 0 Å². The van der Waals surface area contributed by atoms with E-state index in [1.165, 1.54) is 0 Å². The van der Waals surface area contributed by atoms with E-state index in [9.17, 15) is 11.3 Å². The average Bonchev–Trinajstić information content (AvgIpc) is 2.86. The fourth-order valence-corrected chi connectivity index (χ4v) is 5.19. The number of hydrogen-bond acceptors (Lipinski definition) is 2. The molecular formula is C19H28O2. The van der Waals surface area contributed by atoms with Gasteiger partial charge in [-0.25, -0.2) is 0 Å². The Balaban J connectivity index is 1.98. The molecule has 0 amide bonds. The topological polar surface area (TPSA) is 37.3 Å². The molecule has 3 saturated carbocycles.